The lowest BCUT2D eigenvalue weighted by Crippen LogP contribution is -2.16. The second-order valence-electron chi connectivity index (χ2n) is 3.40. The van der Waals surface area contributed by atoms with E-state index < -0.39 is 0 Å². The Bertz CT molecular complexity index is 550. The van der Waals surface area contributed by atoms with Crippen molar-refractivity contribution in [2.45, 2.75) is 13.5 Å². The fourth-order valence-corrected chi connectivity index (χ4v) is 1.80. The van der Waals surface area contributed by atoms with Crippen molar-refractivity contribution in [1.82, 2.24) is 14.7 Å². The number of aromatic hydroxyl groups is 1. The molecule has 0 unspecified atom stereocenters. The molecule has 6 heteroatoms. The fraction of sp³-hybridized carbons (Fsp3) is 0.200. The number of carbonyl (C=O) groups excluding carboxylic acids is 1. The number of amides is 1. The van der Waals surface area contributed by atoms with Crippen LogP contribution in [0.5, 0.6) is 5.75 Å². The van der Waals surface area contributed by atoms with Crippen molar-refractivity contribution in [2.75, 3.05) is 0 Å². The van der Waals surface area contributed by atoms with E-state index in [1.807, 2.05) is 17.5 Å². The highest BCUT2D eigenvalue weighted by Gasteiger charge is 2.11. The van der Waals surface area contributed by atoms with Gasteiger partial charge in [-0.05, 0) is 13.0 Å². The highest BCUT2D eigenvalue weighted by molar-refractivity contribution is 14.1. The van der Waals surface area contributed by atoms with Crippen LogP contribution in [0.25, 0.3) is 5.65 Å². The Morgan fingerprint density at radius 3 is 3.12 bits per heavy atom. The summed E-state index contributed by atoms with van der Waals surface area (Å²) < 4.78 is 1.70. The van der Waals surface area contributed by atoms with E-state index in [0.29, 0.717) is 11.2 Å². The zero-order valence-electron chi connectivity index (χ0n) is 8.57. The van der Waals surface area contributed by atoms with Gasteiger partial charge in [-0.1, -0.05) is 0 Å². The maximum absolute atomic E-state index is 10.8. The van der Waals surface area contributed by atoms with Crippen molar-refractivity contribution in [1.29, 1.82) is 0 Å². The minimum Gasteiger partial charge on any atom is -0.507 e. The SMILES string of the molecule is Cc1cc(O)c(CNC(=O)I)c2nccn12. The number of pyridine rings is 1. The van der Waals surface area contributed by atoms with Crippen molar-refractivity contribution in [2.24, 2.45) is 0 Å². The third-order valence-corrected chi connectivity index (χ3v) is 2.73. The number of aryl methyl sites for hydroxylation is 1. The predicted molar refractivity (Wildman–Crippen MR) is 67.8 cm³/mol. The van der Waals surface area contributed by atoms with Gasteiger partial charge in [-0.3, -0.25) is 4.79 Å². The monoisotopic (exact) mass is 331 g/mol. The second-order valence-corrected chi connectivity index (χ2v) is 4.38. The zero-order chi connectivity index (χ0) is 11.7. The summed E-state index contributed by atoms with van der Waals surface area (Å²) in [4.78, 5) is 15.0. The first-order chi connectivity index (χ1) is 7.59. The van der Waals surface area contributed by atoms with Crippen LogP contribution in [0.15, 0.2) is 18.5 Å². The molecule has 1 amide bonds. The van der Waals surface area contributed by atoms with Crippen LogP contribution in [0.1, 0.15) is 11.3 Å². The lowest BCUT2D eigenvalue weighted by molar-refractivity contribution is 0.262. The molecule has 0 aliphatic carbocycles. The second kappa shape index (κ2) is 4.28. The lowest BCUT2D eigenvalue weighted by Gasteiger charge is -2.09. The summed E-state index contributed by atoms with van der Waals surface area (Å²) in [7, 11) is 0. The van der Waals surface area contributed by atoms with Gasteiger partial charge in [0.15, 0.2) is 0 Å². The van der Waals surface area contributed by atoms with Crippen LogP contribution in [0.4, 0.5) is 4.79 Å². The number of imidazole rings is 1. The number of rotatable bonds is 2. The van der Waals surface area contributed by atoms with E-state index in [-0.39, 0.29) is 16.2 Å². The molecular weight excluding hydrogens is 321 g/mol. The average molecular weight is 331 g/mol. The summed E-state index contributed by atoms with van der Waals surface area (Å²) in [5.41, 5.74) is 2.19. The molecule has 0 aromatic carbocycles. The summed E-state index contributed by atoms with van der Waals surface area (Å²) in [6.45, 7) is 2.16. The number of hydrogen-bond acceptors (Lipinski definition) is 3. The molecule has 0 saturated carbocycles. The third-order valence-electron chi connectivity index (χ3n) is 2.35. The molecule has 5 nitrogen and oxygen atoms in total. The topological polar surface area (TPSA) is 66.6 Å². The number of fused-ring (bicyclic) bond motifs is 1. The Morgan fingerprint density at radius 2 is 2.44 bits per heavy atom. The predicted octanol–water partition coefficient (Wildman–Crippen LogP) is 1.99. The van der Waals surface area contributed by atoms with E-state index in [4.69, 9.17) is 0 Å². The van der Waals surface area contributed by atoms with Gasteiger partial charge in [-0.25, -0.2) is 4.98 Å². The molecule has 2 aromatic rings. The third kappa shape index (κ3) is 1.97. The molecule has 16 heavy (non-hydrogen) atoms. The number of carbonyl (C=O) groups is 1. The summed E-state index contributed by atoms with van der Waals surface area (Å²) in [5.74, 6) is 0.154. The number of aromatic nitrogens is 2. The maximum Gasteiger partial charge on any atom is 0.280 e. The van der Waals surface area contributed by atoms with Gasteiger partial charge >= 0.3 is 0 Å². The average Bonchev–Trinajstić information content (AvgIpc) is 2.65. The summed E-state index contributed by atoms with van der Waals surface area (Å²) in [5, 5.41) is 12.5. The number of nitrogens with one attached hydrogen (secondary N) is 1. The molecular formula is C10H10IN3O2. The Labute approximate surface area is 106 Å². The summed E-state index contributed by atoms with van der Waals surface area (Å²) >= 11 is 1.65. The summed E-state index contributed by atoms with van der Waals surface area (Å²) in [6.07, 6.45) is 3.48. The van der Waals surface area contributed by atoms with E-state index in [2.05, 4.69) is 10.3 Å². The molecule has 2 aromatic heterocycles. The normalized spacial score (nSPS) is 10.6. The molecule has 0 atom stereocenters. The standard InChI is InChI=1S/C10H10IN3O2/c1-6-4-8(15)7(5-13-10(11)16)9-12-2-3-14(6)9/h2-4,15H,5H2,1H3,(H,13,16). The maximum atomic E-state index is 10.8. The Hall–Kier alpha value is -1.31. The van der Waals surface area contributed by atoms with E-state index in [1.54, 1.807) is 34.9 Å². The molecule has 0 radical (unpaired) electrons. The van der Waals surface area contributed by atoms with Crippen LogP contribution in [-0.4, -0.2) is 18.4 Å². The zero-order valence-corrected chi connectivity index (χ0v) is 10.7. The van der Waals surface area contributed by atoms with Crippen molar-refractivity contribution in [3.63, 3.8) is 0 Å². The van der Waals surface area contributed by atoms with Gasteiger partial charge in [0.1, 0.15) is 11.4 Å². The Morgan fingerprint density at radius 1 is 1.69 bits per heavy atom. The molecule has 2 heterocycles. The molecule has 0 aliphatic heterocycles. The quantitative estimate of drug-likeness (QED) is 0.502. The van der Waals surface area contributed by atoms with Gasteiger partial charge in [0.2, 0.25) is 0 Å². The first kappa shape index (κ1) is 11.2. The molecule has 2 rings (SSSR count). The van der Waals surface area contributed by atoms with Crippen molar-refractivity contribution in [3.05, 3.63) is 29.7 Å². The van der Waals surface area contributed by atoms with Gasteiger partial charge in [0.05, 0.1) is 12.1 Å². The Balaban J connectivity index is 2.50. The van der Waals surface area contributed by atoms with E-state index in [0.717, 1.165) is 5.69 Å². The number of nitrogens with zero attached hydrogens (tertiary/aromatic N) is 2. The van der Waals surface area contributed by atoms with E-state index in [1.165, 1.54) is 0 Å². The highest BCUT2D eigenvalue weighted by Crippen LogP contribution is 2.23. The molecule has 2 N–H and O–H groups in total. The van der Waals surface area contributed by atoms with Gasteiger partial charge in [0, 0.05) is 40.7 Å². The van der Waals surface area contributed by atoms with Gasteiger partial charge in [0.25, 0.3) is 3.91 Å². The molecule has 84 valence electrons. The van der Waals surface area contributed by atoms with Crippen LogP contribution in [0.2, 0.25) is 0 Å². The minimum absolute atomic E-state index is 0.154. The summed E-state index contributed by atoms with van der Waals surface area (Å²) in [6, 6.07) is 1.66. The van der Waals surface area contributed by atoms with Gasteiger partial charge in [-0.2, -0.15) is 0 Å². The molecule has 0 bridgehead atoms. The highest BCUT2D eigenvalue weighted by atomic mass is 127. The number of hydrogen-bond donors (Lipinski definition) is 2. The first-order valence-electron chi connectivity index (χ1n) is 4.67. The van der Waals surface area contributed by atoms with Crippen LogP contribution < -0.4 is 5.32 Å². The van der Waals surface area contributed by atoms with Gasteiger partial charge in [-0.15, -0.1) is 0 Å². The smallest absolute Gasteiger partial charge is 0.280 e. The van der Waals surface area contributed by atoms with Crippen molar-refractivity contribution < 1.29 is 9.90 Å². The van der Waals surface area contributed by atoms with Crippen LogP contribution in [-0.2, 0) is 6.54 Å². The van der Waals surface area contributed by atoms with E-state index in [9.17, 15) is 9.90 Å². The minimum atomic E-state index is -0.165. The molecule has 0 spiro atoms. The van der Waals surface area contributed by atoms with Crippen molar-refractivity contribution in [3.8, 4) is 5.75 Å². The fourth-order valence-electron chi connectivity index (χ4n) is 1.61. The Kier molecular flexibility index (Phi) is 2.99. The van der Waals surface area contributed by atoms with Crippen LogP contribution >= 0.6 is 22.6 Å². The van der Waals surface area contributed by atoms with E-state index >= 15 is 0 Å². The molecule has 0 aliphatic rings. The van der Waals surface area contributed by atoms with Crippen LogP contribution in [0, 0.1) is 6.92 Å². The first-order valence-corrected chi connectivity index (χ1v) is 5.75. The lowest BCUT2D eigenvalue weighted by atomic mass is 10.2. The largest absolute Gasteiger partial charge is 0.507 e. The number of halogens is 1. The van der Waals surface area contributed by atoms with Crippen LogP contribution in [0.3, 0.4) is 0 Å². The van der Waals surface area contributed by atoms with Crippen molar-refractivity contribution >= 4 is 32.2 Å². The van der Waals surface area contributed by atoms with Gasteiger partial charge < -0.3 is 14.8 Å². The molecule has 0 saturated heterocycles. The molecule has 0 fully saturated rings.